The maximum atomic E-state index is 6.12. The lowest BCUT2D eigenvalue weighted by Gasteiger charge is -2.37. The number of hydrogen-bond donors (Lipinski definition) is 0. The van der Waals surface area contributed by atoms with Crippen LogP contribution >= 0.6 is 0 Å². The highest BCUT2D eigenvalue weighted by atomic mass is 16.6. The summed E-state index contributed by atoms with van der Waals surface area (Å²) in [5.41, 5.74) is 0. The Labute approximate surface area is 172 Å². The monoisotopic (exact) mass is 386 g/mol. The molecule has 2 unspecified atom stereocenters. The van der Waals surface area contributed by atoms with Crippen LogP contribution in [-0.4, -0.2) is 25.4 Å². The summed E-state index contributed by atoms with van der Waals surface area (Å²) in [6.07, 6.45) is 17.3. The predicted molar refractivity (Wildman–Crippen MR) is 117 cm³/mol. The molecule has 2 heteroatoms. The van der Waals surface area contributed by atoms with E-state index in [-0.39, 0.29) is 0 Å². The molecule has 0 aromatic heterocycles. The summed E-state index contributed by atoms with van der Waals surface area (Å²) in [5.74, 6) is 1.76. The van der Waals surface area contributed by atoms with Crippen LogP contribution in [-0.2, 0) is 9.47 Å². The van der Waals surface area contributed by atoms with E-state index in [1.54, 1.807) is 0 Å². The summed E-state index contributed by atoms with van der Waals surface area (Å²) < 4.78 is 12.1. The molecule has 4 rings (SSSR count). The first-order valence-corrected chi connectivity index (χ1v) is 12.1. The lowest BCUT2D eigenvalue weighted by atomic mass is 9.77. The predicted octanol–water partition coefficient (Wildman–Crippen LogP) is 7.02. The minimum absolute atomic E-state index is 0.362. The van der Waals surface area contributed by atoms with Gasteiger partial charge in [-0.1, -0.05) is 95.9 Å². The Hall–Kier alpha value is -0.860. The molecule has 0 N–H and O–H groups in total. The van der Waals surface area contributed by atoms with Gasteiger partial charge in [-0.15, -0.1) is 0 Å². The Morgan fingerprint density at radius 1 is 0.714 bits per heavy atom. The van der Waals surface area contributed by atoms with Crippen LogP contribution in [0.4, 0.5) is 0 Å². The van der Waals surface area contributed by atoms with Crippen LogP contribution in [0.1, 0.15) is 90.9 Å². The van der Waals surface area contributed by atoms with Crippen LogP contribution in [0.5, 0.6) is 0 Å². The van der Waals surface area contributed by atoms with E-state index in [2.05, 4.69) is 38.1 Å². The Balaban J connectivity index is 0.000000311. The second-order valence-corrected chi connectivity index (χ2v) is 9.18. The fourth-order valence-corrected chi connectivity index (χ4v) is 4.87. The summed E-state index contributed by atoms with van der Waals surface area (Å²) in [4.78, 5) is 0. The van der Waals surface area contributed by atoms with Gasteiger partial charge in [0.25, 0.3) is 0 Å². The number of benzene rings is 1. The van der Waals surface area contributed by atoms with Gasteiger partial charge in [0.15, 0.2) is 0 Å². The van der Waals surface area contributed by atoms with Crippen molar-refractivity contribution in [2.75, 3.05) is 13.2 Å². The first-order valence-electron chi connectivity index (χ1n) is 12.1. The Kier molecular flexibility index (Phi) is 9.34. The van der Waals surface area contributed by atoms with Crippen molar-refractivity contribution in [2.24, 2.45) is 11.8 Å². The highest BCUT2D eigenvalue weighted by Crippen LogP contribution is 2.35. The molecule has 0 aromatic carbocycles. The largest absolute Gasteiger partial charge is 0.373 e. The third kappa shape index (κ3) is 6.59. The van der Waals surface area contributed by atoms with Gasteiger partial charge >= 0.3 is 0 Å². The van der Waals surface area contributed by atoms with E-state index < -0.39 is 0 Å². The summed E-state index contributed by atoms with van der Waals surface area (Å²) >= 11 is 0. The molecule has 0 radical (unpaired) electrons. The van der Waals surface area contributed by atoms with Gasteiger partial charge < -0.3 is 9.47 Å². The lowest BCUT2D eigenvalue weighted by Crippen LogP contribution is -2.41. The van der Waals surface area contributed by atoms with Crippen LogP contribution < -0.4 is 0 Å². The van der Waals surface area contributed by atoms with E-state index in [1.807, 2.05) is 0 Å². The van der Waals surface area contributed by atoms with Crippen molar-refractivity contribution in [1.29, 1.82) is 0 Å². The molecule has 0 aromatic rings. The number of unbranched alkanes of at least 4 members (excludes halogenated alkanes) is 4. The number of ether oxygens (including phenoxy) is 2. The normalized spacial score (nSPS) is 28.4. The van der Waals surface area contributed by atoms with Gasteiger partial charge in [0.2, 0.25) is 0 Å². The third-order valence-corrected chi connectivity index (χ3v) is 6.95. The number of hydrogen-bond acceptors (Lipinski definition) is 2. The lowest BCUT2D eigenvalue weighted by molar-refractivity contribution is -0.156. The zero-order valence-corrected chi connectivity index (χ0v) is 18.3. The topological polar surface area (TPSA) is 18.5 Å². The highest BCUT2D eigenvalue weighted by molar-refractivity contribution is 5.22. The molecule has 2 nitrogen and oxygen atoms in total. The van der Waals surface area contributed by atoms with Gasteiger partial charge in [0.1, 0.15) is 0 Å². The highest BCUT2D eigenvalue weighted by Gasteiger charge is 2.31. The molecule has 2 fully saturated rings. The SMILES string of the molecule is CCCCCCCC1CCC(C2COC(CCC)CO2)CC1.c1cc2ccc1=2. The molecule has 0 spiro atoms. The summed E-state index contributed by atoms with van der Waals surface area (Å²) in [6, 6.07) is 8.48. The fourth-order valence-electron chi connectivity index (χ4n) is 4.87. The Bertz CT molecular complexity index is 574. The van der Waals surface area contributed by atoms with Gasteiger partial charge in [-0.25, -0.2) is 0 Å². The van der Waals surface area contributed by atoms with Crippen LogP contribution in [0.3, 0.4) is 0 Å². The summed E-state index contributed by atoms with van der Waals surface area (Å²) in [5, 5.41) is 2.85. The van der Waals surface area contributed by atoms with Crippen molar-refractivity contribution in [2.45, 2.75) is 103 Å². The zero-order valence-electron chi connectivity index (χ0n) is 18.3. The van der Waals surface area contributed by atoms with Crippen molar-refractivity contribution in [3.05, 3.63) is 34.7 Å². The molecule has 1 saturated heterocycles. The van der Waals surface area contributed by atoms with Crippen LogP contribution in [0, 0.1) is 22.3 Å². The van der Waals surface area contributed by atoms with Gasteiger partial charge in [0.05, 0.1) is 25.4 Å². The molecular formula is C26H42O2. The molecule has 158 valence electrons. The van der Waals surface area contributed by atoms with E-state index in [1.165, 1.54) is 81.1 Å². The van der Waals surface area contributed by atoms with Crippen molar-refractivity contribution >= 4 is 0 Å². The summed E-state index contributed by atoms with van der Waals surface area (Å²) in [7, 11) is 0. The number of rotatable bonds is 9. The molecule has 3 aliphatic carbocycles. The van der Waals surface area contributed by atoms with Crippen LogP contribution in [0.25, 0.3) is 0 Å². The van der Waals surface area contributed by atoms with Crippen molar-refractivity contribution in [1.82, 2.24) is 0 Å². The smallest absolute Gasteiger partial charge is 0.0838 e. The van der Waals surface area contributed by atoms with Crippen molar-refractivity contribution in [3.8, 4) is 0 Å². The second-order valence-electron chi connectivity index (χ2n) is 9.18. The average Bonchev–Trinajstić information content (AvgIpc) is 2.72. The second kappa shape index (κ2) is 12.0. The maximum Gasteiger partial charge on any atom is 0.0838 e. The molecule has 1 aliphatic heterocycles. The van der Waals surface area contributed by atoms with Crippen LogP contribution in [0.2, 0.25) is 0 Å². The van der Waals surface area contributed by atoms with Gasteiger partial charge in [-0.2, -0.15) is 0 Å². The van der Waals surface area contributed by atoms with Crippen molar-refractivity contribution in [3.63, 3.8) is 0 Å². The van der Waals surface area contributed by atoms with E-state index in [9.17, 15) is 0 Å². The zero-order chi connectivity index (χ0) is 19.6. The first kappa shape index (κ1) is 21.8. The van der Waals surface area contributed by atoms with Gasteiger partial charge in [-0.3, -0.25) is 0 Å². The molecule has 0 amide bonds. The molecule has 1 heterocycles. The summed E-state index contributed by atoms with van der Waals surface area (Å²) in [6.45, 7) is 6.19. The minimum atomic E-state index is 0.362. The quantitative estimate of drug-likeness (QED) is 0.431. The minimum Gasteiger partial charge on any atom is -0.373 e. The average molecular weight is 387 g/mol. The first-order chi connectivity index (χ1) is 13.8. The van der Waals surface area contributed by atoms with E-state index in [4.69, 9.17) is 9.47 Å². The fraction of sp³-hybridized carbons (Fsp3) is 0.769. The van der Waals surface area contributed by atoms with Gasteiger partial charge in [0, 0.05) is 0 Å². The molecule has 28 heavy (non-hydrogen) atoms. The Morgan fingerprint density at radius 3 is 1.89 bits per heavy atom. The Morgan fingerprint density at radius 2 is 1.39 bits per heavy atom. The molecule has 2 atom stereocenters. The molecule has 4 aliphatic rings. The van der Waals surface area contributed by atoms with Crippen molar-refractivity contribution < 1.29 is 9.47 Å². The van der Waals surface area contributed by atoms with Gasteiger partial charge in [-0.05, 0) is 41.5 Å². The van der Waals surface area contributed by atoms with E-state index >= 15 is 0 Å². The third-order valence-electron chi connectivity index (χ3n) is 6.95. The van der Waals surface area contributed by atoms with E-state index in [0.29, 0.717) is 12.2 Å². The molecular weight excluding hydrogens is 344 g/mol. The van der Waals surface area contributed by atoms with Crippen LogP contribution in [0.15, 0.2) is 24.3 Å². The van der Waals surface area contributed by atoms with E-state index in [0.717, 1.165) is 31.5 Å². The maximum absolute atomic E-state index is 6.12. The molecule has 0 bridgehead atoms. The molecule has 1 saturated carbocycles. The standard InChI is InChI=1S/C20H38O2.C6H4/c1-3-5-6-7-8-10-17-11-13-18(14-12-17)20-16-21-19(9-4-2)15-22-20;1-2-6-4-3-5(1)6/h17-20H,3-16H2,1-2H3;1-4H.